The van der Waals surface area contributed by atoms with E-state index in [1.807, 2.05) is 0 Å². The summed E-state index contributed by atoms with van der Waals surface area (Å²) in [5, 5.41) is 10.5. The van der Waals surface area contributed by atoms with Crippen LogP contribution in [0.4, 0.5) is 0 Å². The van der Waals surface area contributed by atoms with Gasteiger partial charge in [-0.3, -0.25) is 0 Å². The second-order valence-corrected chi connectivity index (χ2v) is 8.69. The van der Waals surface area contributed by atoms with Crippen LogP contribution in [0.25, 0.3) is 65.3 Å². The normalized spacial score (nSPS) is 11.9. The van der Waals surface area contributed by atoms with Crippen LogP contribution in [0.5, 0.6) is 0 Å². The smallest absolute Gasteiger partial charge is 0.0495 e. The molecule has 0 saturated carbocycles. The van der Waals surface area contributed by atoms with Gasteiger partial charge in [0.15, 0.2) is 0 Å². The van der Waals surface area contributed by atoms with Gasteiger partial charge >= 0.3 is 0 Å². The van der Waals surface area contributed by atoms with Crippen LogP contribution in [-0.4, -0.2) is 4.57 Å². The number of fused-ring (bicyclic) bond motifs is 8. The Hall–Kier alpha value is -4.10. The fraction of sp³-hybridized carbons (Fsp3) is 0.0323. The average molecular weight is 408 g/mol. The van der Waals surface area contributed by atoms with Crippen LogP contribution in [0.3, 0.4) is 0 Å². The first kappa shape index (κ1) is 17.6. The van der Waals surface area contributed by atoms with E-state index < -0.39 is 0 Å². The minimum atomic E-state index is 1.26. The van der Waals surface area contributed by atoms with Crippen LogP contribution in [0.15, 0.2) is 109 Å². The molecule has 0 amide bonds. The molecule has 0 unspecified atom stereocenters. The van der Waals surface area contributed by atoms with E-state index in [0.717, 1.165) is 0 Å². The van der Waals surface area contributed by atoms with E-state index >= 15 is 0 Å². The number of aromatic nitrogens is 1. The van der Waals surface area contributed by atoms with Crippen LogP contribution < -0.4 is 0 Å². The van der Waals surface area contributed by atoms with Crippen molar-refractivity contribution >= 4 is 54.1 Å². The summed E-state index contributed by atoms with van der Waals surface area (Å²) in [6, 6.07) is 40.0. The molecule has 0 aliphatic heterocycles. The maximum absolute atomic E-state index is 2.37. The van der Waals surface area contributed by atoms with E-state index in [2.05, 4.69) is 121 Å². The van der Waals surface area contributed by atoms with Gasteiger partial charge in [-0.25, -0.2) is 0 Å². The maximum atomic E-state index is 2.37. The van der Waals surface area contributed by atoms with Crippen molar-refractivity contribution in [1.29, 1.82) is 0 Å². The van der Waals surface area contributed by atoms with Crippen molar-refractivity contribution in [2.24, 2.45) is 7.05 Å². The first-order valence-corrected chi connectivity index (χ1v) is 11.1. The molecule has 7 aromatic rings. The van der Waals surface area contributed by atoms with Gasteiger partial charge in [-0.2, -0.15) is 0 Å². The molecule has 1 nitrogen and oxygen atoms in total. The Morgan fingerprint density at radius 1 is 0.438 bits per heavy atom. The second-order valence-electron chi connectivity index (χ2n) is 8.69. The van der Waals surface area contributed by atoms with Gasteiger partial charge in [0.25, 0.3) is 0 Å². The van der Waals surface area contributed by atoms with E-state index in [1.54, 1.807) is 0 Å². The lowest BCUT2D eigenvalue weighted by molar-refractivity contribution is 1.01. The van der Waals surface area contributed by atoms with E-state index in [1.165, 1.54) is 65.3 Å². The quantitative estimate of drug-likeness (QED) is 0.241. The summed E-state index contributed by atoms with van der Waals surface area (Å²) >= 11 is 0. The average Bonchev–Trinajstić information content (AvgIpc) is 3.15. The third kappa shape index (κ3) is 2.39. The Kier molecular flexibility index (Phi) is 3.54. The summed E-state index contributed by atoms with van der Waals surface area (Å²) in [6.07, 6.45) is 0. The van der Waals surface area contributed by atoms with Gasteiger partial charge in [-0.05, 0) is 67.7 Å². The van der Waals surface area contributed by atoms with Crippen LogP contribution in [0.2, 0.25) is 0 Å². The molecule has 32 heavy (non-hydrogen) atoms. The third-order valence-electron chi connectivity index (χ3n) is 6.97. The van der Waals surface area contributed by atoms with Crippen LogP contribution >= 0.6 is 0 Å². The standard InChI is InChI=1S/C31H21N/c1-32-29-16-14-23(19-28(29)31-27-9-5-3-7-21(27)13-17-30(31)32)22-12-15-26-24(18-22)11-10-20-6-2-4-8-25(20)26/h2-19H,1H3. The van der Waals surface area contributed by atoms with Gasteiger partial charge in [0, 0.05) is 28.9 Å². The molecule has 1 aromatic heterocycles. The molecule has 0 N–H and O–H groups in total. The summed E-state index contributed by atoms with van der Waals surface area (Å²) in [6.45, 7) is 0. The summed E-state index contributed by atoms with van der Waals surface area (Å²) in [5.74, 6) is 0. The van der Waals surface area contributed by atoms with Crippen molar-refractivity contribution in [3.63, 3.8) is 0 Å². The molecule has 0 aliphatic carbocycles. The van der Waals surface area contributed by atoms with Crippen molar-refractivity contribution < 1.29 is 0 Å². The van der Waals surface area contributed by atoms with Gasteiger partial charge in [-0.1, -0.05) is 84.9 Å². The van der Waals surface area contributed by atoms with E-state index in [-0.39, 0.29) is 0 Å². The lowest BCUT2D eigenvalue weighted by Gasteiger charge is -2.08. The fourth-order valence-corrected chi connectivity index (χ4v) is 5.35. The number of hydrogen-bond acceptors (Lipinski definition) is 0. The largest absolute Gasteiger partial charge is 0.344 e. The summed E-state index contributed by atoms with van der Waals surface area (Å²) < 4.78 is 2.31. The molecule has 150 valence electrons. The fourth-order valence-electron chi connectivity index (χ4n) is 5.35. The summed E-state index contributed by atoms with van der Waals surface area (Å²) in [7, 11) is 2.17. The van der Waals surface area contributed by atoms with Gasteiger partial charge in [0.2, 0.25) is 0 Å². The second kappa shape index (κ2) is 6.45. The lowest BCUT2D eigenvalue weighted by atomic mass is 9.96. The topological polar surface area (TPSA) is 4.93 Å². The van der Waals surface area contributed by atoms with Crippen LogP contribution in [0, 0.1) is 0 Å². The molecule has 0 aliphatic rings. The van der Waals surface area contributed by atoms with Crippen molar-refractivity contribution in [3.8, 4) is 11.1 Å². The molecular formula is C31H21N. The number of hydrogen-bond donors (Lipinski definition) is 0. The predicted octanol–water partition coefficient (Wildman–Crippen LogP) is 8.46. The van der Waals surface area contributed by atoms with Gasteiger partial charge in [0.1, 0.15) is 0 Å². The van der Waals surface area contributed by atoms with Crippen LogP contribution in [0.1, 0.15) is 0 Å². The summed E-state index contributed by atoms with van der Waals surface area (Å²) in [5.41, 5.74) is 5.06. The summed E-state index contributed by atoms with van der Waals surface area (Å²) in [4.78, 5) is 0. The number of rotatable bonds is 1. The zero-order valence-corrected chi connectivity index (χ0v) is 17.8. The molecule has 0 spiro atoms. The highest BCUT2D eigenvalue weighted by Gasteiger charge is 2.12. The predicted molar refractivity (Wildman–Crippen MR) is 138 cm³/mol. The number of benzene rings is 6. The molecule has 1 heteroatoms. The monoisotopic (exact) mass is 407 g/mol. The van der Waals surface area contributed by atoms with E-state index in [9.17, 15) is 0 Å². The molecule has 0 radical (unpaired) electrons. The minimum Gasteiger partial charge on any atom is -0.344 e. The van der Waals surface area contributed by atoms with Gasteiger partial charge < -0.3 is 4.57 Å². The maximum Gasteiger partial charge on any atom is 0.0495 e. The van der Waals surface area contributed by atoms with Crippen molar-refractivity contribution in [2.75, 3.05) is 0 Å². The molecule has 7 rings (SSSR count). The van der Waals surface area contributed by atoms with Crippen LogP contribution in [-0.2, 0) is 7.05 Å². The molecule has 0 bridgehead atoms. The minimum absolute atomic E-state index is 1.26. The van der Waals surface area contributed by atoms with E-state index in [0.29, 0.717) is 0 Å². The molecular weight excluding hydrogens is 386 g/mol. The molecule has 0 fully saturated rings. The first-order chi connectivity index (χ1) is 15.8. The van der Waals surface area contributed by atoms with Gasteiger partial charge in [-0.15, -0.1) is 0 Å². The first-order valence-electron chi connectivity index (χ1n) is 11.1. The van der Waals surface area contributed by atoms with E-state index in [4.69, 9.17) is 0 Å². The highest BCUT2D eigenvalue weighted by atomic mass is 14.9. The Morgan fingerprint density at radius 2 is 1.03 bits per heavy atom. The van der Waals surface area contributed by atoms with Crippen molar-refractivity contribution in [3.05, 3.63) is 109 Å². The Balaban J connectivity index is 1.50. The highest BCUT2D eigenvalue weighted by Crippen LogP contribution is 2.37. The lowest BCUT2D eigenvalue weighted by Crippen LogP contribution is -1.86. The third-order valence-corrected chi connectivity index (χ3v) is 6.97. The zero-order valence-electron chi connectivity index (χ0n) is 17.8. The van der Waals surface area contributed by atoms with Crippen molar-refractivity contribution in [2.45, 2.75) is 0 Å². The Morgan fingerprint density at radius 3 is 1.91 bits per heavy atom. The molecule has 1 heterocycles. The Bertz CT molecular complexity index is 1840. The molecule has 0 atom stereocenters. The number of nitrogens with zero attached hydrogens (tertiary/aromatic N) is 1. The number of aryl methyl sites for hydroxylation is 1. The zero-order chi connectivity index (χ0) is 21.2. The van der Waals surface area contributed by atoms with Gasteiger partial charge in [0.05, 0.1) is 0 Å². The SMILES string of the molecule is Cn1c2ccc(-c3ccc4c(ccc5ccccc54)c3)cc2c2c3ccccc3ccc21. The Labute approximate surface area is 186 Å². The molecule has 0 saturated heterocycles. The van der Waals surface area contributed by atoms with Crippen molar-refractivity contribution in [1.82, 2.24) is 4.57 Å². The molecule has 6 aromatic carbocycles. The highest BCUT2D eigenvalue weighted by molar-refractivity contribution is 6.21.